The van der Waals surface area contributed by atoms with Crippen molar-refractivity contribution in [2.24, 2.45) is 0 Å². The van der Waals surface area contributed by atoms with Gasteiger partial charge in [-0.05, 0) is 37.9 Å². The molecular weight excluding hydrogens is 351 g/mol. The van der Waals surface area contributed by atoms with Gasteiger partial charge in [-0.1, -0.05) is 12.1 Å². The van der Waals surface area contributed by atoms with E-state index in [2.05, 4.69) is 5.32 Å². The first-order valence-corrected chi connectivity index (χ1v) is 8.36. The van der Waals surface area contributed by atoms with Crippen molar-refractivity contribution in [3.63, 3.8) is 0 Å². The van der Waals surface area contributed by atoms with E-state index >= 15 is 0 Å². The fraction of sp³-hybridized carbons (Fsp3) is 0.316. The van der Waals surface area contributed by atoms with Crippen LogP contribution in [0.2, 0.25) is 0 Å². The molecule has 0 saturated heterocycles. The Hall–Kier alpha value is -3.00. The second-order valence-electron chi connectivity index (χ2n) is 6.60. The predicted molar refractivity (Wildman–Crippen MR) is 103 cm³/mol. The summed E-state index contributed by atoms with van der Waals surface area (Å²) in [5.41, 5.74) is 1.36. The summed E-state index contributed by atoms with van der Waals surface area (Å²) in [6.07, 6.45) is 0. The Morgan fingerprint density at radius 1 is 1.19 bits per heavy atom. The number of non-ortho nitro benzene ring substituents is 1. The molecule has 0 aliphatic rings. The van der Waals surface area contributed by atoms with Crippen LogP contribution in [0.1, 0.15) is 22.0 Å². The summed E-state index contributed by atoms with van der Waals surface area (Å²) in [4.78, 5) is 26.8. The molecule has 0 aromatic heterocycles. The third kappa shape index (κ3) is 5.01. The average Bonchev–Trinajstić information content (AvgIpc) is 2.60. The van der Waals surface area contributed by atoms with Gasteiger partial charge in [0, 0.05) is 38.5 Å². The van der Waals surface area contributed by atoms with E-state index in [0.717, 1.165) is 5.56 Å². The lowest BCUT2D eigenvalue weighted by molar-refractivity contribution is -0.384. The van der Waals surface area contributed by atoms with E-state index in [1.165, 1.54) is 24.3 Å². The van der Waals surface area contributed by atoms with Crippen LogP contribution in [0.15, 0.2) is 42.5 Å². The molecule has 2 aromatic rings. The SMILES string of the molecule is CN(C)c1ccc([N+](=O)[O-])cc1C(=O)NCC(c1cccc(F)c1)N(C)C. The van der Waals surface area contributed by atoms with Gasteiger partial charge in [-0.25, -0.2) is 4.39 Å². The van der Waals surface area contributed by atoms with Crippen molar-refractivity contribution in [3.8, 4) is 0 Å². The molecule has 0 aliphatic heterocycles. The fourth-order valence-electron chi connectivity index (χ4n) is 2.81. The molecule has 8 heteroatoms. The van der Waals surface area contributed by atoms with Crippen molar-refractivity contribution < 1.29 is 14.1 Å². The zero-order valence-corrected chi connectivity index (χ0v) is 15.8. The van der Waals surface area contributed by atoms with Crippen molar-refractivity contribution in [2.45, 2.75) is 6.04 Å². The largest absolute Gasteiger partial charge is 0.377 e. The molecule has 1 atom stereocenters. The van der Waals surface area contributed by atoms with Gasteiger partial charge in [-0.15, -0.1) is 0 Å². The molecule has 0 spiro atoms. The van der Waals surface area contributed by atoms with Gasteiger partial charge in [0.25, 0.3) is 11.6 Å². The van der Waals surface area contributed by atoms with E-state index in [9.17, 15) is 19.3 Å². The Bertz CT molecular complexity index is 839. The molecule has 0 fully saturated rings. The zero-order chi connectivity index (χ0) is 20.1. The van der Waals surface area contributed by atoms with E-state index in [4.69, 9.17) is 0 Å². The van der Waals surface area contributed by atoms with Crippen molar-refractivity contribution in [3.05, 3.63) is 69.5 Å². The molecule has 0 bridgehead atoms. The highest BCUT2D eigenvalue weighted by Gasteiger charge is 2.20. The minimum absolute atomic E-state index is 0.153. The number of benzene rings is 2. The molecule has 2 rings (SSSR count). The van der Waals surface area contributed by atoms with Crippen LogP contribution in [0.3, 0.4) is 0 Å². The molecular formula is C19H23FN4O3. The van der Waals surface area contributed by atoms with Crippen LogP contribution in [0.5, 0.6) is 0 Å². The number of nitrogens with zero attached hydrogens (tertiary/aromatic N) is 3. The third-order valence-corrected chi connectivity index (χ3v) is 4.23. The predicted octanol–water partition coefficient (Wildman–Crippen LogP) is 2.83. The van der Waals surface area contributed by atoms with Crippen LogP contribution in [-0.4, -0.2) is 50.5 Å². The highest BCUT2D eigenvalue weighted by molar-refractivity contribution is 6.00. The second-order valence-corrected chi connectivity index (χ2v) is 6.60. The van der Waals surface area contributed by atoms with Crippen LogP contribution in [0.4, 0.5) is 15.8 Å². The second kappa shape index (κ2) is 8.59. The molecule has 1 N–H and O–H groups in total. The smallest absolute Gasteiger partial charge is 0.270 e. The van der Waals surface area contributed by atoms with Gasteiger partial charge in [-0.3, -0.25) is 14.9 Å². The van der Waals surface area contributed by atoms with E-state index < -0.39 is 10.8 Å². The maximum Gasteiger partial charge on any atom is 0.270 e. The lowest BCUT2D eigenvalue weighted by atomic mass is 10.1. The monoisotopic (exact) mass is 374 g/mol. The fourth-order valence-corrected chi connectivity index (χ4v) is 2.81. The lowest BCUT2D eigenvalue weighted by Gasteiger charge is -2.25. The number of nitro groups is 1. The summed E-state index contributed by atoms with van der Waals surface area (Å²) < 4.78 is 13.5. The van der Waals surface area contributed by atoms with Gasteiger partial charge < -0.3 is 15.1 Å². The van der Waals surface area contributed by atoms with E-state index in [-0.39, 0.29) is 29.7 Å². The molecule has 27 heavy (non-hydrogen) atoms. The summed E-state index contributed by atoms with van der Waals surface area (Å²) in [5, 5.41) is 13.9. The topological polar surface area (TPSA) is 78.7 Å². The number of likely N-dealkylation sites (N-methyl/N-ethyl adjacent to an activating group) is 1. The molecule has 0 aliphatic carbocycles. The molecule has 0 saturated carbocycles. The summed E-state index contributed by atoms with van der Waals surface area (Å²) in [5.74, 6) is -0.773. The number of anilines is 1. The van der Waals surface area contributed by atoms with E-state index in [1.807, 2.05) is 19.0 Å². The Morgan fingerprint density at radius 2 is 1.89 bits per heavy atom. The number of carbonyl (C=O) groups is 1. The summed E-state index contributed by atoms with van der Waals surface area (Å²) in [6.45, 7) is 0.227. The standard InChI is InChI=1S/C19H23FN4O3/c1-22(2)17-9-8-15(24(26)27)11-16(17)19(25)21-12-18(23(3)4)13-6-5-7-14(20)10-13/h5-11,18H,12H2,1-4H3,(H,21,25). The van der Waals surface area contributed by atoms with Crippen molar-refractivity contribution >= 4 is 17.3 Å². The molecule has 7 nitrogen and oxygen atoms in total. The van der Waals surface area contributed by atoms with Gasteiger partial charge in [0.15, 0.2) is 0 Å². The van der Waals surface area contributed by atoms with E-state index in [0.29, 0.717) is 5.69 Å². The van der Waals surface area contributed by atoms with Gasteiger partial charge >= 0.3 is 0 Å². The molecule has 1 amide bonds. The molecule has 0 heterocycles. The molecule has 2 aromatic carbocycles. The number of carbonyl (C=O) groups excluding carboxylic acids is 1. The number of rotatable bonds is 7. The summed E-state index contributed by atoms with van der Waals surface area (Å²) in [7, 11) is 7.18. The Balaban J connectivity index is 2.25. The van der Waals surface area contributed by atoms with Gasteiger partial charge in [0.05, 0.1) is 16.5 Å². The minimum atomic E-state index is -0.536. The average molecular weight is 374 g/mol. The first-order valence-electron chi connectivity index (χ1n) is 8.36. The first-order chi connectivity index (χ1) is 12.7. The lowest BCUT2D eigenvalue weighted by Crippen LogP contribution is -2.35. The normalized spacial score (nSPS) is 11.9. The molecule has 0 radical (unpaired) electrons. The highest BCUT2D eigenvalue weighted by atomic mass is 19.1. The Kier molecular flexibility index (Phi) is 6.46. The molecule has 144 valence electrons. The number of nitro benzene ring substituents is 1. The maximum absolute atomic E-state index is 13.5. The number of halogens is 1. The van der Waals surface area contributed by atoms with Crippen LogP contribution in [-0.2, 0) is 0 Å². The first kappa shape index (κ1) is 20.3. The van der Waals surface area contributed by atoms with Gasteiger partial charge in [0.2, 0.25) is 0 Å². The highest BCUT2D eigenvalue weighted by Crippen LogP contribution is 2.25. The van der Waals surface area contributed by atoms with Gasteiger partial charge in [-0.2, -0.15) is 0 Å². The van der Waals surface area contributed by atoms with Crippen molar-refractivity contribution in [1.82, 2.24) is 10.2 Å². The van der Waals surface area contributed by atoms with Crippen LogP contribution >= 0.6 is 0 Å². The van der Waals surface area contributed by atoms with E-state index in [1.54, 1.807) is 37.2 Å². The maximum atomic E-state index is 13.5. The number of amides is 1. The van der Waals surface area contributed by atoms with Crippen LogP contribution in [0.25, 0.3) is 0 Å². The minimum Gasteiger partial charge on any atom is -0.377 e. The third-order valence-electron chi connectivity index (χ3n) is 4.23. The Labute approximate surface area is 157 Å². The number of hydrogen-bond acceptors (Lipinski definition) is 5. The van der Waals surface area contributed by atoms with Crippen molar-refractivity contribution in [1.29, 1.82) is 0 Å². The zero-order valence-electron chi connectivity index (χ0n) is 15.8. The van der Waals surface area contributed by atoms with Crippen LogP contribution < -0.4 is 10.2 Å². The number of nitrogens with one attached hydrogen (secondary N) is 1. The van der Waals surface area contributed by atoms with Crippen molar-refractivity contribution in [2.75, 3.05) is 39.6 Å². The van der Waals surface area contributed by atoms with Crippen LogP contribution in [0, 0.1) is 15.9 Å². The number of hydrogen-bond donors (Lipinski definition) is 1. The quantitative estimate of drug-likeness (QED) is 0.596. The molecule has 1 unspecified atom stereocenters. The Morgan fingerprint density at radius 3 is 2.44 bits per heavy atom. The summed E-state index contributed by atoms with van der Waals surface area (Å²) in [6, 6.07) is 10.1. The summed E-state index contributed by atoms with van der Waals surface area (Å²) >= 11 is 0. The van der Waals surface area contributed by atoms with Gasteiger partial charge in [0.1, 0.15) is 5.82 Å².